The Kier molecular flexibility index (Phi) is 4.15. The van der Waals surface area contributed by atoms with E-state index in [2.05, 4.69) is 17.2 Å². The van der Waals surface area contributed by atoms with Crippen LogP contribution < -0.4 is 5.32 Å². The van der Waals surface area contributed by atoms with Crippen molar-refractivity contribution in [1.29, 1.82) is 0 Å². The number of halogens is 1. The lowest BCUT2D eigenvalue weighted by Gasteiger charge is -2.05. The van der Waals surface area contributed by atoms with Gasteiger partial charge in [-0.25, -0.2) is 4.98 Å². The fourth-order valence-corrected chi connectivity index (χ4v) is 2.80. The molecule has 4 heteroatoms. The fourth-order valence-electron chi connectivity index (χ4n) is 1.69. The number of nitrogens with zero attached hydrogens (tertiary/aromatic N) is 1. The average Bonchev–Trinajstić information content (AvgIpc) is 2.60. The van der Waals surface area contributed by atoms with E-state index in [-0.39, 0.29) is 0 Å². The van der Waals surface area contributed by atoms with E-state index in [0.29, 0.717) is 0 Å². The van der Waals surface area contributed by atoms with Gasteiger partial charge in [0.05, 0.1) is 10.7 Å². The van der Waals surface area contributed by atoms with Crippen LogP contribution in [-0.4, -0.2) is 4.98 Å². The van der Waals surface area contributed by atoms with Crippen molar-refractivity contribution < 1.29 is 0 Å². The highest BCUT2D eigenvalue weighted by Gasteiger charge is 2.04. The molecule has 0 fully saturated rings. The summed E-state index contributed by atoms with van der Waals surface area (Å²) >= 11 is 7.84. The summed E-state index contributed by atoms with van der Waals surface area (Å²) in [5, 5.41) is 5.34. The second kappa shape index (κ2) is 5.63. The Hall–Kier alpha value is -0.900. The van der Waals surface area contributed by atoms with Crippen molar-refractivity contribution in [2.45, 2.75) is 26.9 Å². The van der Waals surface area contributed by atoms with Crippen LogP contribution in [0.25, 0.3) is 0 Å². The van der Waals surface area contributed by atoms with Gasteiger partial charge in [-0.05, 0) is 25.5 Å². The summed E-state index contributed by atoms with van der Waals surface area (Å²) in [6.45, 7) is 5.73. The molecule has 17 heavy (non-hydrogen) atoms. The number of aryl methyl sites for hydroxylation is 2. The third kappa shape index (κ3) is 3.28. The maximum Gasteiger partial charge on any atom is 0.0900 e. The largest absolute Gasteiger partial charge is 0.308 e. The Morgan fingerprint density at radius 3 is 2.65 bits per heavy atom. The zero-order valence-electron chi connectivity index (χ0n) is 9.96. The molecule has 1 N–H and O–H groups in total. The third-order valence-electron chi connectivity index (χ3n) is 2.56. The molecule has 1 aromatic carbocycles. The summed E-state index contributed by atoms with van der Waals surface area (Å²) in [7, 11) is 0. The molecule has 0 aliphatic rings. The Bertz CT molecular complexity index is 508. The molecular formula is C13H15ClN2S. The second-order valence-electron chi connectivity index (χ2n) is 3.94. The number of hydrogen-bond donors (Lipinski definition) is 1. The minimum atomic E-state index is 0.788. The molecular weight excluding hydrogens is 252 g/mol. The Labute approximate surface area is 111 Å². The number of benzene rings is 1. The van der Waals surface area contributed by atoms with Crippen molar-refractivity contribution in [1.82, 2.24) is 10.3 Å². The molecule has 1 heterocycles. The van der Waals surface area contributed by atoms with Gasteiger partial charge in [0.15, 0.2) is 0 Å². The van der Waals surface area contributed by atoms with Gasteiger partial charge in [-0.1, -0.05) is 29.8 Å². The predicted molar refractivity (Wildman–Crippen MR) is 73.6 cm³/mol. The molecule has 0 amide bonds. The van der Waals surface area contributed by atoms with Crippen molar-refractivity contribution in [2.24, 2.45) is 0 Å². The number of thiazole rings is 1. The summed E-state index contributed by atoms with van der Waals surface area (Å²) in [6, 6.07) is 7.91. The highest BCUT2D eigenvalue weighted by molar-refractivity contribution is 7.11. The average molecular weight is 267 g/mol. The maximum absolute atomic E-state index is 6.09. The van der Waals surface area contributed by atoms with Crippen LogP contribution in [0.3, 0.4) is 0 Å². The van der Waals surface area contributed by atoms with Crippen molar-refractivity contribution in [3.8, 4) is 0 Å². The normalized spacial score (nSPS) is 10.8. The van der Waals surface area contributed by atoms with E-state index in [1.165, 1.54) is 4.88 Å². The predicted octanol–water partition coefficient (Wildman–Crippen LogP) is 3.70. The minimum Gasteiger partial charge on any atom is -0.308 e. The summed E-state index contributed by atoms with van der Waals surface area (Å²) in [5.41, 5.74) is 2.26. The highest BCUT2D eigenvalue weighted by atomic mass is 35.5. The first kappa shape index (κ1) is 12.6. The Morgan fingerprint density at radius 2 is 2.00 bits per heavy atom. The lowest BCUT2D eigenvalue weighted by atomic mass is 10.2. The van der Waals surface area contributed by atoms with Gasteiger partial charge in [-0.15, -0.1) is 11.3 Å². The molecule has 0 radical (unpaired) electrons. The Morgan fingerprint density at radius 1 is 1.24 bits per heavy atom. The number of nitrogens with one attached hydrogen (secondary N) is 1. The first-order valence-electron chi connectivity index (χ1n) is 5.54. The first-order valence-corrected chi connectivity index (χ1v) is 6.73. The van der Waals surface area contributed by atoms with E-state index >= 15 is 0 Å². The van der Waals surface area contributed by atoms with Gasteiger partial charge in [-0.3, -0.25) is 0 Å². The van der Waals surface area contributed by atoms with Gasteiger partial charge in [0.1, 0.15) is 0 Å². The van der Waals surface area contributed by atoms with Crippen LogP contribution in [0.4, 0.5) is 0 Å². The van der Waals surface area contributed by atoms with Gasteiger partial charge in [-0.2, -0.15) is 0 Å². The topological polar surface area (TPSA) is 24.9 Å². The molecule has 2 nitrogen and oxygen atoms in total. The van der Waals surface area contributed by atoms with E-state index in [1.807, 2.05) is 31.2 Å². The molecule has 90 valence electrons. The summed E-state index contributed by atoms with van der Waals surface area (Å²) < 4.78 is 0. The summed E-state index contributed by atoms with van der Waals surface area (Å²) in [4.78, 5) is 5.71. The van der Waals surface area contributed by atoms with Crippen LogP contribution in [0.2, 0.25) is 5.02 Å². The van der Waals surface area contributed by atoms with Crippen LogP contribution in [-0.2, 0) is 13.1 Å². The van der Waals surface area contributed by atoms with Crippen LogP contribution in [0.1, 0.15) is 21.1 Å². The van der Waals surface area contributed by atoms with Crippen LogP contribution >= 0.6 is 22.9 Å². The van der Waals surface area contributed by atoms with Crippen molar-refractivity contribution in [3.05, 3.63) is 50.4 Å². The highest BCUT2D eigenvalue weighted by Crippen LogP contribution is 2.18. The smallest absolute Gasteiger partial charge is 0.0900 e. The second-order valence-corrected chi connectivity index (χ2v) is 5.63. The van der Waals surface area contributed by atoms with Crippen molar-refractivity contribution >= 4 is 22.9 Å². The molecule has 1 aromatic heterocycles. The van der Waals surface area contributed by atoms with Gasteiger partial charge < -0.3 is 5.32 Å². The molecule has 0 unspecified atom stereocenters. The van der Waals surface area contributed by atoms with E-state index in [9.17, 15) is 0 Å². The van der Waals surface area contributed by atoms with E-state index in [1.54, 1.807) is 11.3 Å². The fraction of sp³-hybridized carbons (Fsp3) is 0.308. The molecule has 0 aliphatic carbocycles. The number of aromatic nitrogens is 1. The van der Waals surface area contributed by atoms with Crippen molar-refractivity contribution in [3.63, 3.8) is 0 Å². The molecule has 2 aromatic rings. The van der Waals surface area contributed by atoms with Gasteiger partial charge in [0.25, 0.3) is 0 Å². The molecule has 0 aliphatic heterocycles. The summed E-state index contributed by atoms with van der Waals surface area (Å²) in [5.74, 6) is 0. The summed E-state index contributed by atoms with van der Waals surface area (Å²) in [6.07, 6.45) is 0. The number of hydrogen-bond acceptors (Lipinski definition) is 3. The Balaban J connectivity index is 1.92. The lowest BCUT2D eigenvalue weighted by Crippen LogP contribution is -2.12. The van der Waals surface area contributed by atoms with Gasteiger partial charge >= 0.3 is 0 Å². The molecule has 0 saturated heterocycles. The van der Waals surface area contributed by atoms with E-state index in [4.69, 9.17) is 11.6 Å². The lowest BCUT2D eigenvalue weighted by molar-refractivity contribution is 0.697. The minimum absolute atomic E-state index is 0.788. The zero-order valence-corrected chi connectivity index (χ0v) is 11.5. The standard InChI is InChI=1S/C13H15ClN2S/c1-9-13(17-10(2)16-9)8-15-7-11-5-3-4-6-12(11)14/h3-6,15H,7-8H2,1-2H3. The molecule has 0 saturated carbocycles. The first-order chi connectivity index (χ1) is 8.16. The van der Waals surface area contributed by atoms with Gasteiger partial charge in [0.2, 0.25) is 0 Å². The van der Waals surface area contributed by atoms with E-state index < -0.39 is 0 Å². The zero-order chi connectivity index (χ0) is 12.3. The molecule has 0 bridgehead atoms. The quantitative estimate of drug-likeness (QED) is 0.913. The van der Waals surface area contributed by atoms with Crippen LogP contribution in [0.15, 0.2) is 24.3 Å². The third-order valence-corrected chi connectivity index (χ3v) is 4.00. The molecule has 0 atom stereocenters. The molecule has 0 spiro atoms. The van der Waals surface area contributed by atoms with Gasteiger partial charge in [0, 0.05) is 23.0 Å². The van der Waals surface area contributed by atoms with Crippen molar-refractivity contribution in [2.75, 3.05) is 0 Å². The maximum atomic E-state index is 6.09. The monoisotopic (exact) mass is 266 g/mol. The molecule has 2 rings (SSSR count). The number of rotatable bonds is 4. The SMILES string of the molecule is Cc1nc(C)c(CNCc2ccccc2Cl)s1. The van der Waals surface area contributed by atoms with Crippen LogP contribution in [0, 0.1) is 13.8 Å². The van der Waals surface area contributed by atoms with Crippen LogP contribution in [0.5, 0.6) is 0 Å². The van der Waals surface area contributed by atoms with E-state index in [0.717, 1.165) is 34.4 Å².